The number of esters is 1. The Morgan fingerprint density at radius 3 is 2.16 bits per heavy atom. The van der Waals surface area contributed by atoms with Crippen molar-refractivity contribution < 1.29 is 71.4 Å². The van der Waals surface area contributed by atoms with Crippen molar-refractivity contribution in [3.05, 3.63) is 76.9 Å². The van der Waals surface area contributed by atoms with Crippen molar-refractivity contribution >= 4 is 78.2 Å². The number of nitrogens with two attached hydrogens (primary N) is 1. The standard InChI is InChI=1S/C58H72B2N4O15S/c1-31-23-46(54(31,3)4)57(8)32(2)76-59(79-57)34-9-12-39-43(25-34)74-44-26-35(60-77-50-41-24-33(55(41,5)6)29-56(50,7)78-60)10-13-40(44)58(39)38-14-11-36(27-37(38)53(71)75-58)63-48(66)16-19-72-21-22-73-20-17-62-47(65)15-18-64-49(67)28-45(51(64)68)80-30-42(61)52(69)70/h9-14,25-27,31-33,41-42,45-46,50H,15-24,28-30,61H2,1-8H3,(H,62,65)(H,63,66)(H,69,70)/t31-,32?,33-,41+,42?,45?,46+,50?,56+,57-,58?/m1/s1. The largest absolute Gasteiger partial charge is 0.494 e. The summed E-state index contributed by atoms with van der Waals surface area (Å²) in [6.45, 7) is 18.8. The molecule has 5 N–H and O–H groups in total. The number of rotatable bonds is 20. The van der Waals surface area contributed by atoms with E-state index in [9.17, 15) is 28.8 Å². The van der Waals surface area contributed by atoms with Crippen molar-refractivity contribution in [3.63, 3.8) is 0 Å². The van der Waals surface area contributed by atoms with Gasteiger partial charge in [0.05, 0.1) is 67.1 Å². The third kappa shape index (κ3) is 9.75. The van der Waals surface area contributed by atoms with E-state index in [0.717, 1.165) is 46.8 Å². The van der Waals surface area contributed by atoms with Crippen molar-refractivity contribution in [1.82, 2.24) is 10.2 Å². The van der Waals surface area contributed by atoms with Crippen molar-refractivity contribution in [3.8, 4) is 11.5 Å². The van der Waals surface area contributed by atoms with Crippen LogP contribution in [-0.2, 0) is 62.4 Å². The minimum absolute atomic E-state index is 0.0143. The number of carboxylic acids is 1. The second-order valence-electron chi connectivity index (χ2n) is 24.7. The average Bonchev–Trinajstić information content (AvgIpc) is 4.00. The summed E-state index contributed by atoms with van der Waals surface area (Å²) in [5, 5.41) is 13.8. The first-order valence-electron chi connectivity index (χ1n) is 28.1. The third-order valence-electron chi connectivity index (χ3n) is 19.4. The summed E-state index contributed by atoms with van der Waals surface area (Å²) < 4.78 is 51.9. The van der Waals surface area contributed by atoms with Crippen molar-refractivity contribution in [1.29, 1.82) is 0 Å². The van der Waals surface area contributed by atoms with Crippen LogP contribution < -0.4 is 32.0 Å². The fourth-order valence-corrected chi connectivity index (χ4v) is 15.0. The number of amides is 4. The maximum atomic E-state index is 14.3. The first kappa shape index (κ1) is 56.5. The molecule has 426 valence electrons. The lowest BCUT2D eigenvalue weighted by Crippen LogP contribution is -2.63. The maximum absolute atomic E-state index is 14.3. The Labute approximate surface area is 471 Å². The summed E-state index contributed by atoms with van der Waals surface area (Å²) in [4.78, 5) is 76.9. The zero-order chi connectivity index (χ0) is 56.8. The fraction of sp³-hybridized carbons (Fsp3) is 0.586. The number of thioether (sulfide) groups is 1. The Bertz CT molecular complexity index is 3020. The molecule has 2 bridgehead atoms. The van der Waals surface area contributed by atoms with Crippen molar-refractivity contribution in [2.24, 2.45) is 40.2 Å². The van der Waals surface area contributed by atoms with E-state index in [2.05, 4.69) is 66.0 Å². The number of carbonyl (C=O) groups excluding carboxylic acids is 5. The molecule has 9 aliphatic rings. The van der Waals surface area contributed by atoms with E-state index in [1.807, 2.05) is 42.5 Å². The third-order valence-corrected chi connectivity index (χ3v) is 20.7. The molecule has 0 radical (unpaired) electrons. The molecular formula is C58H72B2N4O15S. The quantitative estimate of drug-likeness (QED) is 0.0508. The highest BCUT2D eigenvalue weighted by molar-refractivity contribution is 8.00. The highest BCUT2D eigenvalue weighted by atomic mass is 32.2. The van der Waals surface area contributed by atoms with E-state index in [-0.39, 0.29) is 99.4 Å². The molecule has 4 saturated carbocycles. The molecule has 12 rings (SSSR count). The second-order valence-corrected chi connectivity index (χ2v) is 26.0. The van der Waals surface area contributed by atoms with Gasteiger partial charge in [-0.2, -0.15) is 0 Å². The number of hydrogen-bond acceptors (Lipinski definition) is 16. The van der Waals surface area contributed by atoms with Crippen LogP contribution in [0.5, 0.6) is 11.5 Å². The molecule has 11 atom stereocenters. The van der Waals surface area contributed by atoms with Crippen LogP contribution in [0.2, 0.25) is 0 Å². The molecule has 5 aliphatic heterocycles. The number of carboxylic acid groups (broad SMARTS) is 1. The Hall–Kier alpha value is -5.32. The molecule has 3 saturated heterocycles. The summed E-state index contributed by atoms with van der Waals surface area (Å²) in [7, 11) is -1.27. The lowest BCUT2D eigenvalue weighted by atomic mass is 9.45. The first-order chi connectivity index (χ1) is 37.9. The summed E-state index contributed by atoms with van der Waals surface area (Å²) in [6.07, 6.45) is 2.79. The summed E-state index contributed by atoms with van der Waals surface area (Å²) in [5.41, 5.74) is 7.64. The molecule has 22 heteroatoms. The molecule has 3 aromatic rings. The highest BCUT2D eigenvalue weighted by Crippen LogP contribution is 2.65. The molecule has 80 heavy (non-hydrogen) atoms. The maximum Gasteiger partial charge on any atom is 0.494 e. The Balaban J connectivity index is 0.715. The molecule has 5 unspecified atom stereocenters. The summed E-state index contributed by atoms with van der Waals surface area (Å²) in [6, 6.07) is 15.8. The van der Waals surface area contributed by atoms with Crippen LogP contribution in [0.4, 0.5) is 5.69 Å². The number of benzene rings is 3. The van der Waals surface area contributed by atoms with E-state index < -0.39 is 66.1 Å². The SMILES string of the molecule is CC1OB(c2ccc3c(c2)Oc2cc(B4OC5[C@@H]6C[C@H](C[C@]5(C)O4)C6(C)C)ccc2C32OC(=O)c3cc(NC(=O)CCOCCOCCNC(=O)CCN4C(=O)CC(SCC(N)C(=O)O)C4=O)ccc32)O[C@@]1(C)[C@H]1C[C@@H](C)C1(C)C. The molecule has 3 aromatic carbocycles. The van der Waals surface area contributed by atoms with Crippen molar-refractivity contribution in [2.45, 2.75) is 134 Å². The fourth-order valence-electron chi connectivity index (χ4n) is 13.9. The van der Waals surface area contributed by atoms with Crippen LogP contribution in [0.1, 0.15) is 121 Å². The number of nitrogens with one attached hydrogen (secondary N) is 2. The van der Waals surface area contributed by atoms with Gasteiger partial charge in [0.15, 0.2) is 5.60 Å². The smallest absolute Gasteiger partial charge is 0.480 e. The van der Waals surface area contributed by atoms with Gasteiger partial charge < -0.3 is 59.0 Å². The van der Waals surface area contributed by atoms with Crippen LogP contribution in [0.25, 0.3) is 0 Å². The van der Waals surface area contributed by atoms with E-state index in [1.165, 1.54) is 0 Å². The van der Waals surface area contributed by atoms with Gasteiger partial charge in [0, 0.05) is 54.1 Å². The lowest BCUT2D eigenvalue weighted by molar-refractivity contribution is -0.185. The number of imide groups is 1. The second kappa shape index (κ2) is 21.1. The number of aliphatic carboxylic acids is 1. The number of hydrogen-bond donors (Lipinski definition) is 4. The van der Waals surface area contributed by atoms with Crippen LogP contribution >= 0.6 is 11.8 Å². The summed E-state index contributed by atoms with van der Waals surface area (Å²) in [5.74, 6) is -0.487. The molecule has 4 aliphatic carbocycles. The van der Waals surface area contributed by atoms with Gasteiger partial charge in [-0.25, -0.2) is 4.79 Å². The average molecular weight is 1120 g/mol. The van der Waals surface area contributed by atoms with Gasteiger partial charge in [-0.1, -0.05) is 65.0 Å². The first-order valence-corrected chi connectivity index (χ1v) is 29.2. The summed E-state index contributed by atoms with van der Waals surface area (Å²) >= 11 is 1.02. The van der Waals surface area contributed by atoms with Gasteiger partial charge in [0.25, 0.3) is 0 Å². The Morgan fingerprint density at radius 1 is 0.825 bits per heavy atom. The van der Waals surface area contributed by atoms with Gasteiger partial charge in [-0.05, 0) is 110 Å². The zero-order valence-electron chi connectivity index (χ0n) is 46.8. The molecule has 7 fully saturated rings. The molecular weight excluding hydrogens is 1050 g/mol. The van der Waals surface area contributed by atoms with E-state index in [4.69, 9.17) is 48.4 Å². The predicted molar refractivity (Wildman–Crippen MR) is 297 cm³/mol. The van der Waals surface area contributed by atoms with E-state index in [0.29, 0.717) is 63.1 Å². The number of fused-ring (bicyclic) bond motifs is 6. The minimum atomic E-state index is -1.41. The number of carbonyl (C=O) groups is 6. The molecule has 4 amide bonds. The lowest BCUT2D eigenvalue weighted by Gasteiger charge is -2.63. The highest BCUT2D eigenvalue weighted by Gasteiger charge is 2.67. The monoisotopic (exact) mass is 1120 g/mol. The number of nitrogens with zero attached hydrogens (tertiary/aromatic N) is 1. The van der Waals surface area contributed by atoms with Crippen LogP contribution in [-0.4, -0.2) is 140 Å². The van der Waals surface area contributed by atoms with Gasteiger partial charge in [-0.15, -0.1) is 11.8 Å². The number of anilines is 1. The van der Waals surface area contributed by atoms with Gasteiger partial charge >= 0.3 is 26.2 Å². The van der Waals surface area contributed by atoms with Gasteiger partial charge in [-0.3, -0.25) is 28.9 Å². The normalized spacial score (nSPS) is 31.3. The Morgan fingerprint density at radius 2 is 1.50 bits per heavy atom. The van der Waals surface area contributed by atoms with Crippen LogP contribution in [0.3, 0.4) is 0 Å². The van der Waals surface area contributed by atoms with Crippen LogP contribution in [0, 0.1) is 34.5 Å². The zero-order valence-corrected chi connectivity index (χ0v) is 47.6. The van der Waals surface area contributed by atoms with E-state index in [1.54, 1.807) is 12.1 Å². The topological polar surface area (TPSA) is 250 Å². The number of ether oxygens (including phenoxy) is 4. The minimum Gasteiger partial charge on any atom is -0.480 e. The van der Waals surface area contributed by atoms with Crippen molar-refractivity contribution in [2.75, 3.05) is 50.6 Å². The van der Waals surface area contributed by atoms with E-state index >= 15 is 0 Å². The van der Waals surface area contributed by atoms with Gasteiger partial charge in [0.1, 0.15) is 17.5 Å². The molecule has 0 aromatic heterocycles. The van der Waals surface area contributed by atoms with Crippen LogP contribution in [0.15, 0.2) is 54.6 Å². The number of likely N-dealkylation sites (tertiary alicyclic amines) is 1. The molecule has 5 heterocycles. The molecule has 19 nitrogen and oxygen atoms in total. The predicted octanol–water partition coefficient (Wildman–Crippen LogP) is 4.90. The molecule has 1 spiro atoms. The van der Waals surface area contributed by atoms with Gasteiger partial charge in [0.2, 0.25) is 23.6 Å². The Kier molecular flexibility index (Phi) is 14.9.